The van der Waals surface area contributed by atoms with E-state index in [1.807, 2.05) is 24.3 Å². The molecule has 1 heterocycles. The normalized spacial score (nSPS) is 16.2. The van der Waals surface area contributed by atoms with Crippen LogP contribution in [0.15, 0.2) is 24.3 Å². The Balaban J connectivity index is 1.93. The molecule has 1 N–H and O–H groups in total. The molecule has 0 spiro atoms. The van der Waals surface area contributed by atoms with Crippen molar-refractivity contribution in [2.75, 3.05) is 13.1 Å². The van der Waals surface area contributed by atoms with Gasteiger partial charge in [0.1, 0.15) is 5.84 Å². The molecule has 1 fully saturated rings. The largest absolute Gasteiger partial charge is 0.360 e. The Bertz CT molecular complexity index is 353. The highest BCUT2D eigenvalue weighted by Gasteiger charge is 2.13. The predicted octanol–water partition coefficient (Wildman–Crippen LogP) is 3.35. The fourth-order valence-corrected chi connectivity index (χ4v) is 2.20. The van der Waals surface area contributed by atoms with Gasteiger partial charge in [-0.3, -0.25) is 5.41 Å². The van der Waals surface area contributed by atoms with Crippen LogP contribution in [-0.4, -0.2) is 23.8 Å². The third-order valence-electron chi connectivity index (χ3n) is 3.02. The standard InChI is InChI=1S/C13H17ClN2/c14-12-6-4-11(5-7-12)10-13(15)16-8-2-1-3-9-16/h4-7,15H,1-3,8-10H2. The fourth-order valence-electron chi connectivity index (χ4n) is 2.07. The van der Waals surface area contributed by atoms with Gasteiger partial charge in [-0.1, -0.05) is 23.7 Å². The quantitative estimate of drug-likeness (QED) is 0.619. The molecule has 0 radical (unpaired) electrons. The van der Waals surface area contributed by atoms with E-state index >= 15 is 0 Å². The molecule has 0 bridgehead atoms. The smallest absolute Gasteiger partial charge is 0.100 e. The minimum atomic E-state index is 0.719. The number of rotatable bonds is 2. The Morgan fingerprint density at radius 2 is 1.75 bits per heavy atom. The highest BCUT2D eigenvalue weighted by molar-refractivity contribution is 6.30. The van der Waals surface area contributed by atoms with Gasteiger partial charge in [-0.05, 0) is 37.0 Å². The van der Waals surface area contributed by atoms with E-state index in [-0.39, 0.29) is 0 Å². The van der Waals surface area contributed by atoms with E-state index < -0.39 is 0 Å². The zero-order chi connectivity index (χ0) is 11.4. The van der Waals surface area contributed by atoms with Gasteiger partial charge < -0.3 is 4.90 Å². The summed E-state index contributed by atoms with van der Waals surface area (Å²) in [6.07, 6.45) is 4.48. The van der Waals surface area contributed by atoms with Gasteiger partial charge in [-0.25, -0.2) is 0 Å². The lowest BCUT2D eigenvalue weighted by Gasteiger charge is -2.29. The van der Waals surface area contributed by atoms with Crippen LogP contribution >= 0.6 is 11.6 Å². The van der Waals surface area contributed by atoms with Gasteiger partial charge >= 0.3 is 0 Å². The number of benzene rings is 1. The predicted molar refractivity (Wildman–Crippen MR) is 68.3 cm³/mol. The molecule has 3 heteroatoms. The lowest BCUT2D eigenvalue weighted by molar-refractivity contribution is 0.336. The summed E-state index contributed by atoms with van der Waals surface area (Å²) in [5.41, 5.74) is 1.17. The number of hydrogen-bond acceptors (Lipinski definition) is 1. The summed E-state index contributed by atoms with van der Waals surface area (Å²) in [6.45, 7) is 2.10. The summed E-state index contributed by atoms with van der Waals surface area (Å²) < 4.78 is 0. The first kappa shape index (κ1) is 11.5. The summed E-state index contributed by atoms with van der Waals surface area (Å²) >= 11 is 5.83. The van der Waals surface area contributed by atoms with Crippen LogP contribution in [0.4, 0.5) is 0 Å². The van der Waals surface area contributed by atoms with E-state index in [9.17, 15) is 0 Å². The van der Waals surface area contributed by atoms with Crippen LogP contribution in [0.2, 0.25) is 5.02 Å². The van der Waals surface area contributed by atoms with Crippen LogP contribution < -0.4 is 0 Å². The SMILES string of the molecule is N=C(Cc1ccc(Cl)cc1)N1CCCCC1. The molecule has 2 rings (SSSR count). The molecule has 0 saturated carbocycles. The van der Waals surface area contributed by atoms with E-state index in [1.165, 1.54) is 24.8 Å². The molecule has 16 heavy (non-hydrogen) atoms. The highest BCUT2D eigenvalue weighted by Crippen LogP contribution is 2.13. The lowest BCUT2D eigenvalue weighted by Crippen LogP contribution is -2.36. The monoisotopic (exact) mass is 236 g/mol. The molecule has 1 aromatic carbocycles. The van der Waals surface area contributed by atoms with Crippen molar-refractivity contribution in [3.05, 3.63) is 34.9 Å². The molecule has 0 amide bonds. The second-order valence-corrected chi connectivity index (χ2v) is 4.73. The van der Waals surface area contributed by atoms with Crippen LogP contribution in [-0.2, 0) is 6.42 Å². The number of amidine groups is 1. The maximum Gasteiger partial charge on any atom is 0.100 e. The number of halogens is 1. The maximum atomic E-state index is 8.07. The van der Waals surface area contributed by atoms with Gasteiger partial charge in [0, 0.05) is 24.5 Å². The molecule has 86 valence electrons. The van der Waals surface area contributed by atoms with E-state index in [2.05, 4.69) is 4.90 Å². The van der Waals surface area contributed by atoms with Crippen molar-refractivity contribution in [1.29, 1.82) is 5.41 Å². The molecule has 0 aliphatic carbocycles. The molecule has 1 aliphatic heterocycles. The molecular formula is C13H17ClN2. The van der Waals surface area contributed by atoms with Crippen molar-refractivity contribution in [3.8, 4) is 0 Å². The second kappa shape index (κ2) is 5.35. The van der Waals surface area contributed by atoms with Crippen molar-refractivity contribution >= 4 is 17.4 Å². The molecular weight excluding hydrogens is 220 g/mol. The molecule has 1 aliphatic rings. The number of piperidine rings is 1. The third-order valence-corrected chi connectivity index (χ3v) is 3.27. The Morgan fingerprint density at radius 3 is 2.38 bits per heavy atom. The van der Waals surface area contributed by atoms with E-state index in [0.717, 1.165) is 30.4 Å². The topological polar surface area (TPSA) is 27.1 Å². The van der Waals surface area contributed by atoms with Crippen molar-refractivity contribution < 1.29 is 0 Å². The zero-order valence-corrected chi connectivity index (χ0v) is 10.1. The first-order valence-electron chi connectivity index (χ1n) is 5.82. The summed E-state index contributed by atoms with van der Waals surface area (Å²) in [7, 11) is 0. The molecule has 1 saturated heterocycles. The van der Waals surface area contributed by atoms with Gasteiger partial charge in [0.25, 0.3) is 0 Å². The van der Waals surface area contributed by atoms with E-state index in [1.54, 1.807) is 0 Å². The van der Waals surface area contributed by atoms with Gasteiger partial charge in [0.05, 0.1) is 0 Å². The van der Waals surface area contributed by atoms with Crippen molar-refractivity contribution in [3.63, 3.8) is 0 Å². The Labute approximate surface area is 102 Å². The van der Waals surface area contributed by atoms with Crippen LogP contribution in [0.5, 0.6) is 0 Å². The van der Waals surface area contributed by atoms with Gasteiger partial charge in [0.2, 0.25) is 0 Å². The molecule has 0 atom stereocenters. The number of nitrogens with zero attached hydrogens (tertiary/aromatic N) is 1. The van der Waals surface area contributed by atoms with Gasteiger partial charge in [-0.2, -0.15) is 0 Å². The summed E-state index contributed by atoms with van der Waals surface area (Å²) in [6, 6.07) is 7.78. The van der Waals surface area contributed by atoms with Crippen LogP contribution in [0.1, 0.15) is 24.8 Å². The van der Waals surface area contributed by atoms with Crippen LogP contribution in [0.3, 0.4) is 0 Å². The minimum Gasteiger partial charge on any atom is -0.360 e. The number of nitrogens with one attached hydrogen (secondary N) is 1. The zero-order valence-electron chi connectivity index (χ0n) is 9.38. The first-order chi connectivity index (χ1) is 7.75. The average molecular weight is 237 g/mol. The average Bonchev–Trinajstić information content (AvgIpc) is 2.33. The highest BCUT2D eigenvalue weighted by atomic mass is 35.5. The second-order valence-electron chi connectivity index (χ2n) is 4.30. The number of hydrogen-bond donors (Lipinski definition) is 1. The third kappa shape index (κ3) is 2.99. The first-order valence-corrected chi connectivity index (χ1v) is 6.20. The van der Waals surface area contributed by atoms with Crippen molar-refractivity contribution in [2.45, 2.75) is 25.7 Å². The van der Waals surface area contributed by atoms with Crippen molar-refractivity contribution in [1.82, 2.24) is 4.90 Å². The van der Waals surface area contributed by atoms with Gasteiger partial charge in [0.15, 0.2) is 0 Å². The summed E-state index contributed by atoms with van der Waals surface area (Å²) in [5, 5.41) is 8.82. The van der Waals surface area contributed by atoms with Gasteiger partial charge in [-0.15, -0.1) is 0 Å². The molecule has 2 nitrogen and oxygen atoms in total. The van der Waals surface area contributed by atoms with Crippen LogP contribution in [0.25, 0.3) is 0 Å². The van der Waals surface area contributed by atoms with Crippen molar-refractivity contribution in [2.24, 2.45) is 0 Å². The Morgan fingerprint density at radius 1 is 1.12 bits per heavy atom. The summed E-state index contributed by atoms with van der Waals surface area (Å²) in [4.78, 5) is 2.19. The fraction of sp³-hybridized carbons (Fsp3) is 0.462. The van der Waals surface area contributed by atoms with E-state index in [0.29, 0.717) is 0 Å². The minimum absolute atomic E-state index is 0.719. The molecule has 0 aromatic heterocycles. The van der Waals surface area contributed by atoms with E-state index in [4.69, 9.17) is 17.0 Å². The number of likely N-dealkylation sites (tertiary alicyclic amines) is 1. The molecule has 1 aromatic rings. The maximum absolute atomic E-state index is 8.07. The Kier molecular flexibility index (Phi) is 3.83. The summed E-state index contributed by atoms with van der Waals surface area (Å²) in [5.74, 6) is 0.738. The Hall–Kier alpha value is -1.02. The molecule has 0 unspecified atom stereocenters. The lowest BCUT2D eigenvalue weighted by atomic mass is 10.1. The van der Waals surface area contributed by atoms with Crippen LogP contribution in [0, 0.1) is 5.41 Å².